The minimum absolute atomic E-state index is 0.159. The van der Waals surface area contributed by atoms with Crippen molar-refractivity contribution in [2.24, 2.45) is 0 Å². The van der Waals surface area contributed by atoms with Gasteiger partial charge in [0.05, 0.1) is 16.1 Å². The maximum atomic E-state index is 12.2. The molecule has 0 aliphatic heterocycles. The number of carbonyl (C=O) groups excluding carboxylic acids is 1. The van der Waals surface area contributed by atoms with Crippen molar-refractivity contribution >= 4 is 39.3 Å². The van der Waals surface area contributed by atoms with Crippen LogP contribution < -0.4 is 5.32 Å². The van der Waals surface area contributed by atoms with Crippen LogP contribution >= 0.6 is 15.9 Å². The smallest absolute Gasteiger partial charge is 0.318 e. The zero-order valence-electron chi connectivity index (χ0n) is 12.1. The van der Waals surface area contributed by atoms with Crippen LogP contribution in [0.3, 0.4) is 0 Å². The second kappa shape index (κ2) is 7.06. The predicted octanol–water partition coefficient (Wildman–Crippen LogP) is 4.35. The first-order valence-corrected chi connectivity index (χ1v) is 7.43. The molecule has 0 unspecified atom stereocenters. The molecule has 0 atom stereocenters. The average Bonchev–Trinajstić information content (AvgIpc) is 2.49. The van der Waals surface area contributed by atoms with Crippen molar-refractivity contribution in [1.82, 2.24) is 0 Å². The van der Waals surface area contributed by atoms with Crippen molar-refractivity contribution in [2.75, 3.05) is 5.32 Å². The van der Waals surface area contributed by atoms with Gasteiger partial charge in [0.2, 0.25) is 5.75 Å². The number of aromatic hydroxyl groups is 1. The van der Waals surface area contributed by atoms with Gasteiger partial charge < -0.3 is 10.4 Å². The van der Waals surface area contributed by atoms with Gasteiger partial charge in [-0.3, -0.25) is 14.9 Å². The van der Waals surface area contributed by atoms with E-state index in [4.69, 9.17) is 0 Å². The number of amides is 1. The van der Waals surface area contributed by atoms with Crippen LogP contribution in [0.2, 0.25) is 0 Å². The van der Waals surface area contributed by atoms with Gasteiger partial charge in [0, 0.05) is 10.2 Å². The molecule has 0 radical (unpaired) electrons. The van der Waals surface area contributed by atoms with Crippen molar-refractivity contribution in [1.29, 1.82) is 0 Å². The molecular formula is C16H13BrN2O4. The first kappa shape index (κ1) is 16.7. The summed E-state index contributed by atoms with van der Waals surface area (Å²) in [6, 6.07) is 9.60. The molecule has 0 saturated heterocycles. The Hall–Kier alpha value is -2.67. The number of hydrogen-bond acceptors (Lipinski definition) is 4. The van der Waals surface area contributed by atoms with Crippen LogP contribution in [0.5, 0.6) is 5.75 Å². The first-order valence-electron chi connectivity index (χ1n) is 6.64. The molecule has 1 amide bonds. The Balaban J connectivity index is 2.39. The first-order chi connectivity index (χ1) is 10.9. The fourth-order valence-electron chi connectivity index (χ4n) is 2.02. The summed E-state index contributed by atoms with van der Waals surface area (Å²) >= 11 is 3.28. The predicted molar refractivity (Wildman–Crippen MR) is 91.6 cm³/mol. The molecule has 0 saturated carbocycles. The summed E-state index contributed by atoms with van der Waals surface area (Å²) in [5, 5.41) is 23.9. The number of nitro benzene ring substituents is 1. The van der Waals surface area contributed by atoms with Crippen molar-refractivity contribution in [3.8, 4) is 5.75 Å². The molecule has 0 spiro atoms. The molecule has 7 heteroatoms. The monoisotopic (exact) mass is 376 g/mol. The number of carbonyl (C=O) groups is 1. The molecule has 0 heterocycles. The van der Waals surface area contributed by atoms with E-state index in [1.807, 2.05) is 0 Å². The Morgan fingerprint density at radius 1 is 1.26 bits per heavy atom. The standard InChI is InChI=1S/C16H13BrN2O4/c1-2-3-10-4-9-13(15(20)14(10)19(22)23)16(21)18-12-7-5-11(17)6-8-12/h2-9,20H,1H3,(H,18,21). The summed E-state index contributed by atoms with van der Waals surface area (Å²) < 4.78 is 0.852. The number of phenolic OH excluding ortho intramolecular Hbond substituents is 1. The summed E-state index contributed by atoms with van der Waals surface area (Å²) in [6.45, 7) is 1.70. The molecule has 2 aromatic rings. The maximum Gasteiger partial charge on any atom is 0.318 e. The summed E-state index contributed by atoms with van der Waals surface area (Å²) in [7, 11) is 0. The van der Waals surface area contributed by atoms with Gasteiger partial charge in [-0.15, -0.1) is 0 Å². The van der Waals surface area contributed by atoms with E-state index in [1.165, 1.54) is 18.2 Å². The minimum Gasteiger partial charge on any atom is -0.502 e. The van der Waals surface area contributed by atoms with Crippen LogP contribution in [0.15, 0.2) is 46.9 Å². The van der Waals surface area contributed by atoms with E-state index in [2.05, 4.69) is 21.2 Å². The highest BCUT2D eigenvalue weighted by molar-refractivity contribution is 9.10. The molecule has 0 aromatic heterocycles. The van der Waals surface area contributed by atoms with Gasteiger partial charge in [-0.2, -0.15) is 0 Å². The second-order valence-corrected chi connectivity index (χ2v) is 5.53. The molecule has 6 nitrogen and oxygen atoms in total. The van der Waals surface area contributed by atoms with E-state index >= 15 is 0 Å². The number of allylic oxidation sites excluding steroid dienone is 1. The van der Waals surface area contributed by atoms with Gasteiger partial charge in [-0.25, -0.2) is 0 Å². The Kier molecular flexibility index (Phi) is 5.13. The van der Waals surface area contributed by atoms with Crippen molar-refractivity contribution in [3.05, 3.63) is 68.2 Å². The number of hydrogen-bond donors (Lipinski definition) is 2. The topological polar surface area (TPSA) is 92.5 Å². The molecule has 23 heavy (non-hydrogen) atoms. The summed E-state index contributed by atoms with van der Waals surface area (Å²) in [6.07, 6.45) is 3.11. The zero-order valence-corrected chi connectivity index (χ0v) is 13.7. The van der Waals surface area contributed by atoms with E-state index in [0.717, 1.165) is 4.47 Å². The SMILES string of the molecule is CC=Cc1ccc(C(=O)Nc2ccc(Br)cc2)c(O)c1[N+](=O)[O-]. The molecule has 2 N–H and O–H groups in total. The number of benzene rings is 2. The Morgan fingerprint density at radius 2 is 1.91 bits per heavy atom. The lowest BCUT2D eigenvalue weighted by Gasteiger charge is -2.08. The lowest BCUT2D eigenvalue weighted by atomic mass is 10.1. The van der Waals surface area contributed by atoms with E-state index in [9.17, 15) is 20.0 Å². The number of anilines is 1. The third-order valence-corrected chi connectivity index (χ3v) is 3.59. The Bertz CT molecular complexity index is 785. The highest BCUT2D eigenvalue weighted by atomic mass is 79.9. The lowest BCUT2D eigenvalue weighted by molar-refractivity contribution is -0.386. The second-order valence-electron chi connectivity index (χ2n) is 4.62. The fourth-order valence-corrected chi connectivity index (χ4v) is 2.28. The van der Waals surface area contributed by atoms with Crippen molar-refractivity contribution in [3.63, 3.8) is 0 Å². The molecule has 0 aliphatic rings. The van der Waals surface area contributed by atoms with E-state index < -0.39 is 22.3 Å². The number of halogens is 1. The number of nitro groups is 1. The van der Waals surface area contributed by atoms with Gasteiger partial charge in [0.15, 0.2) is 0 Å². The van der Waals surface area contributed by atoms with Crippen LogP contribution in [0.25, 0.3) is 6.08 Å². The lowest BCUT2D eigenvalue weighted by Crippen LogP contribution is -2.12. The van der Waals surface area contributed by atoms with Crippen LogP contribution in [-0.4, -0.2) is 15.9 Å². The van der Waals surface area contributed by atoms with Gasteiger partial charge >= 0.3 is 5.69 Å². The number of nitrogens with zero attached hydrogens (tertiary/aromatic N) is 1. The van der Waals surface area contributed by atoms with Gasteiger partial charge in [-0.05, 0) is 43.3 Å². The van der Waals surface area contributed by atoms with Crippen molar-refractivity contribution in [2.45, 2.75) is 6.92 Å². The number of rotatable bonds is 4. The highest BCUT2D eigenvalue weighted by Crippen LogP contribution is 2.34. The zero-order chi connectivity index (χ0) is 17.0. The molecule has 2 rings (SSSR count). The van der Waals surface area contributed by atoms with Gasteiger partial charge in [-0.1, -0.05) is 28.1 Å². The average molecular weight is 377 g/mol. The quantitative estimate of drug-likeness (QED) is 0.612. The van der Waals surface area contributed by atoms with Crippen LogP contribution in [0, 0.1) is 10.1 Å². The fraction of sp³-hybridized carbons (Fsp3) is 0.0625. The molecule has 2 aromatic carbocycles. The van der Waals surface area contributed by atoms with Gasteiger partial charge in [0.25, 0.3) is 5.91 Å². The van der Waals surface area contributed by atoms with Crippen LogP contribution in [0.4, 0.5) is 11.4 Å². The summed E-state index contributed by atoms with van der Waals surface area (Å²) in [5.74, 6) is -1.28. The minimum atomic E-state index is -0.707. The number of nitrogens with one attached hydrogen (secondary N) is 1. The van der Waals surface area contributed by atoms with E-state index in [0.29, 0.717) is 5.69 Å². The largest absolute Gasteiger partial charge is 0.502 e. The third kappa shape index (κ3) is 3.75. The normalized spacial score (nSPS) is 10.7. The van der Waals surface area contributed by atoms with Gasteiger partial charge in [0.1, 0.15) is 0 Å². The number of phenols is 1. The maximum absolute atomic E-state index is 12.2. The van der Waals surface area contributed by atoms with E-state index in [1.54, 1.807) is 37.3 Å². The Labute approximate surface area is 140 Å². The van der Waals surface area contributed by atoms with E-state index in [-0.39, 0.29) is 11.1 Å². The van der Waals surface area contributed by atoms with Crippen LogP contribution in [0.1, 0.15) is 22.8 Å². The Morgan fingerprint density at radius 3 is 2.48 bits per heavy atom. The van der Waals surface area contributed by atoms with Crippen LogP contribution in [-0.2, 0) is 0 Å². The third-order valence-electron chi connectivity index (χ3n) is 3.06. The summed E-state index contributed by atoms with van der Waals surface area (Å²) in [5.41, 5.74) is 0.0902. The molecular weight excluding hydrogens is 364 g/mol. The molecule has 0 aliphatic carbocycles. The molecule has 0 bridgehead atoms. The molecule has 0 fully saturated rings. The molecule has 118 valence electrons. The summed E-state index contributed by atoms with van der Waals surface area (Å²) in [4.78, 5) is 22.7. The van der Waals surface area contributed by atoms with Crippen molar-refractivity contribution < 1.29 is 14.8 Å². The highest BCUT2D eigenvalue weighted by Gasteiger charge is 2.24.